The van der Waals surface area contributed by atoms with E-state index in [-0.39, 0.29) is 13.1 Å². The van der Waals surface area contributed by atoms with Crippen molar-refractivity contribution in [2.45, 2.75) is 12.7 Å². The van der Waals surface area contributed by atoms with Crippen LogP contribution in [0, 0.1) is 10.1 Å². The molecule has 0 aliphatic carbocycles. The Balaban J connectivity index is 3.18. The summed E-state index contributed by atoms with van der Waals surface area (Å²) in [6.45, 7) is 0.0487. The first kappa shape index (κ1) is 11.4. The van der Waals surface area contributed by atoms with Gasteiger partial charge in [-0.15, -0.1) is 0 Å². The van der Waals surface area contributed by atoms with Crippen molar-refractivity contribution < 1.29 is 18.1 Å². The lowest BCUT2D eigenvalue weighted by Gasteiger charge is -2.00. The molecule has 9 heteroatoms. The van der Waals surface area contributed by atoms with Gasteiger partial charge in [-0.2, -0.15) is 18.3 Å². The van der Waals surface area contributed by atoms with E-state index in [9.17, 15) is 23.3 Å². The van der Waals surface area contributed by atoms with Crippen LogP contribution in [0.2, 0.25) is 0 Å². The first-order valence-electron chi connectivity index (χ1n) is 3.85. The van der Waals surface area contributed by atoms with Crippen molar-refractivity contribution in [1.29, 1.82) is 0 Å². The van der Waals surface area contributed by atoms with Gasteiger partial charge in [0.15, 0.2) is 0 Å². The first-order chi connectivity index (χ1) is 6.86. The second kappa shape index (κ2) is 3.85. The summed E-state index contributed by atoms with van der Waals surface area (Å²) in [5, 5.41) is 13.4. The standard InChI is InChI=1S/C6H7F3N4O2/c7-6(8,9)5-4(13(14)15)3-12(11-5)2-1-10/h3H,1-2,10H2. The van der Waals surface area contributed by atoms with Gasteiger partial charge in [0.05, 0.1) is 11.5 Å². The molecule has 0 radical (unpaired) electrons. The molecule has 6 nitrogen and oxygen atoms in total. The lowest BCUT2D eigenvalue weighted by atomic mass is 10.4. The van der Waals surface area contributed by atoms with E-state index in [0.29, 0.717) is 0 Å². The highest BCUT2D eigenvalue weighted by Gasteiger charge is 2.42. The SMILES string of the molecule is NCCn1cc([N+](=O)[O-])c(C(F)(F)F)n1. The third-order valence-corrected chi connectivity index (χ3v) is 1.57. The normalized spacial score (nSPS) is 11.7. The van der Waals surface area contributed by atoms with Crippen molar-refractivity contribution in [3.63, 3.8) is 0 Å². The number of rotatable bonds is 3. The van der Waals surface area contributed by atoms with Crippen LogP contribution in [0.5, 0.6) is 0 Å². The molecular formula is C6H7F3N4O2. The van der Waals surface area contributed by atoms with Gasteiger partial charge in [-0.1, -0.05) is 0 Å². The van der Waals surface area contributed by atoms with E-state index < -0.39 is 22.5 Å². The number of nitrogens with zero attached hydrogens (tertiary/aromatic N) is 3. The Kier molecular flexibility index (Phi) is 2.93. The van der Waals surface area contributed by atoms with Crippen LogP contribution in [-0.4, -0.2) is 21.2 Å². The van der Waals surface area contributed by atoms with Gasteiger partial charge < -0.3 is 5.73 Å². The van der Waals surface area contributed by atoms with Crippen molar-refractivity contribution in [2.75, 3.05) is 6.54 Å². The second-order valence-corrected chi connectivity index (χ2v) is 2.67. The van der Waals surface area contributed by atoms with Gasteiger partial charge in [-0.3, -0.25) is 14.8 Å². The third kappa shape index (κ3) is 2.43. The van der Waals surface area contributed by atoms with E-state index >= 15 is 0 Å². The smallest absolute Gasteiger partial charge is 0.329 e. The summed E-state index contributed by atoms with van der Waals surface area (Å²) in [5.74, 6) is 0. The molecule has 0 amide bonds. The minimum atomic E-state index is -4.83. The summed E-state index contributed by atoms with van der Waals surface area (Å²) >= 11 is 0. The van der Waals surface area contributed by atoms with E-state index in [1.807, 2.05) is 0 Å². The maximum atomic E-state index is 12.3. The summed E-state index contributed by atoms with van der Waals surface area (Å²) in [4.78, 5) is 9.18. The molecule has 84 valence electrons. The predicted molar refractivity (Wildman–Crippen MR) is 42.9 cm³/mol. The quantitative estimate of drug-likeness (QED) is 0.606. The lowest BCUT2D eigenvalue weighted by molar-refractivity contribution is -0.388. The van der Waals surface area contributed by atoms with Crippen molar-refractivity contribution in [3.05, 3.63) is 22.0 Å². The number of nitrogens with two attached hydrogens (primary N) is 1. The molecule has 0 unspecified atom stereocenters. The van der Waals surface area contributed by atoms with Crippen LogP contribution in [0.3, 0.4) is 0 Å². The molecule has 2 N–H and O–H groups in total. The van der Waals surface area contributed by atoms with Crippen LogP contribution in [0.25, 0.3) is 0 Å². The van der Waals surface area contributed by atoms with Crippen LogP contribution < -0.4 is 5.73 Å². The van der Waals surface area contributed by atoms with E-state index in [1.165, 1.54) is 0 Å². The zero-order chi connectivity index (χ0) is 11.6. The molecule has 0 bridgehead atoms. The number of alkyl halides is 3. The zero-order valence-corrected chi connectivity index (χ0v) is 7.36. The fourth-order valence-electron chi connectivity index (χ4n) is 0.993. The Morgan fingerprint density at radius 3 is 2.53 bits per heavy atom. The first-order valence-corrected chi connectivity index (χ1v) is 3.85. The van der Waals surface area contributed by atoms with Crippen LogP contribution >= 0.6 is 0 Å². The van der Waals surface area contributed by atoms with Crippen molar-refractivity contribution in [3.8, 4) is 0 Å². The summed E-state index contributed by atoms with van der Waals surface area (Å²) in [5.41, 5.74) is 2.53. The molecule has 1 heterocycles. The average Bonchev–Trinajstić information content (AvgIpc) is 2.48. The highest BCUT2D eigenvalue weighted by Crippen LogP contribution is 2.34. The van der Waals surface area contributed by atoms with Gasteiger partial charge in [-0.05, 0) is 0 Å². The Morgan fingerprint density at radius 1 is 1.60 bits per heavy atom. The minimum absolute atomic E-state index is 0.00306. The zero-order valence-electron chi connectivity index (χ0n) is 7.36. The van der Waals surface area contributed by atoms with E-state index in [1.54, 1.807) is 0 Å². The van der Waals surface area contributed by atoms with Gasteiger partial charge in [0.1, 0.15) is 6.20 Å². The Hall–Kier alpha value is -1.64. The van der Waals surface area contributed by atoms with Gasteiger partial charge >= 0.3 is 11.9 Å². The maximum Gasteiger partial charge on any atom is 0.442 e. The molecule has 0 atom stereocenters. The maximum absolute atomic E-state index is 12.3. The molecule has 0 saturated heterocycles. The molecule has 0 aliphatic rings. The Labute approximate surface area is 81.6 Å². The Bertz CT molecular complexity index is 373. The monoisotopic (exact) mass is 224 g/mol. The number of nitro groups is 1. The van der Waals surface area contributed by atoms with Crippen LogP contribution in [0.4, 0.5) is 18.9 Å². The fraction of sp³-hybridized carbons (Fsp3) is 0.500. The van der Waals surface area contributed by atoms with Crippen LogP contribution in [-0.2, 0) is 12.7 Å². The largest absolute Gasteiger partial charge is 0.442 e. The van der Waals surface area contributed by atoms with Gasteiger partial charge in [0, 0.05) is 6.54 Å². The minimum Gasteiger partial charge on any atom is -0.329 e. The lowest BCUT2D eigenvalue weighted by Crippen LogP contribution is -2.13. The summed E-state index contributed by atoms with van der Waals surface area (Å²) in [6, 6.07) is 0. The fourth-order valence-corrected chi connectivity index (χ4v) is 0.993. The van der Waals surface area contributed by atoms with Gasteiger partial charge in [0.25, 0.3) is 0 Å². The van der Waals surface area contributed by atoms with Crippen molar-refractivity contribution >= 4 is 5.69 Å². The number of halogens is 3. The molecule has 0 saturated carbocycles. The van der Waals surface area contributed by atoms with Crippen LogP contribution in [0.15, 0.2) is 6.20 Å². The molecule has 1 aromatic rings. The summed E-state index contributed by atoms with van der Waals surface area (Å²) < 4.78 is 37.6. The van der Waals surface area contributed by atoms with Gasteiger partial charge in [0.2, 0.25) is 5.69 Å². The average molecular weight is 224 g/mol. The van der Waals surface area contributed by atoms with E-state index in [4.69, 9.17) is 5.73 Å². The van der Waals surface area contributed by atoms with Gasteiger partial charge in [-0.25, -0.2) is 0 Å². The second-order valence-electron chi connectivity index (χ2n) is 2.67. The molecule has 1 aromatic heterocycles. The molecule has 0 aliphatic heterocycles. The van der Waals surface area contributed by atoms with E-state index in [2.05, 4.69) is 5.10 Å². The molecule has 1 rings (SSSR count). The topological polar surface area (TPSA) is 87.0 Å². The summed E-state index contributed by atoms with van der Waals surface area (Å²) in [7, 11) is 0. The van der Waals surface area contributed by atoms with Crippen LogP contribution in [0.1, 0.15) is 5.69 Å². The predicted octanol–water partition coefficient (Wildman–Crippen LogP) is 0.769. The molecule has 0 fully saturated rings. The highest BCUT2D eigenvalue weighted by molar-refractivity contribution is 5.34. The molecular weight excluding hydrogens is 217 g/mol. The van der Waals surface area contributed by atoms with Crippen molar-refractivity contribution in [2.24, 2.45) is 5.73 Å². The molecule has 15 heavy (non-hydrogen) atoms. The summed E-state index contributed by atoms with van der Waals surface area (Å²) in [6.07, 6.45) is -4.11. The molecule has 0 aromatic carbocycles. The Morgan fingerprint density at radius 2 is 2.20 bits per heavy atom. The highest BCUT2D eigenvalue weighted by atomic mass is 19.4. The number of hydrogen-bond acceptors (Lipinski definition) is 4. The molecule has 0 spiro atoms. The van der Waals surface area contributed by atoms with Crippen molar-refractivity contribution in [1.82, 2.24) is 9.78 Å². The third-order valence-electron chi connectivity index (χ3n) is 1.57. The number of aromatic nitrogens is 2. The number of hydrogen-bond donors (Lipinski definition) is 1. The van der Waals surface area contributed by atoms with E-state index in [0.717, 1.165) is 10.9 Å².